The molecule has 2 aliphatic rings. The minimum atomic E-state index is -1.10. The number of ketones is 1. The Balaban J connectivity index is 1.48. The highest BCUT2D eigenvalue weighted by Crippen LogP contribution is 2.38. The molecule has 1 N–H and O–H groups in total. The smallest absolute Gasteiger partial charge is 0.299 e. The van der Waals surface area contributed by atoms with Crippen LogP contribution in [0.1, 0.15) is 47.2 Å². The van der Waals surface area contributed by atoms with Gasteiger partial charge >= 0.3 is 0 Å². The van der Waals surface area contributed by atoms with Crippen LogP contribution in [-0.2, 0) is 20.9 Å². The Morgan fingerprint density at radius 1 is 0.949 bits per heavy atom. The molecular weight excluding hydrogens is 494 g/mol. The summed E-state index contributed by atoms with van der Waals surface area (Å²) in [5.74, 6) is -1.35. The molecule has 39 heavy (non-hydrogen) atoms. The molecule has 1 saturated carbocycles. The summed E-state index contributed by atoms with van der Waals surface area (Å²) in [6, 6.07) is 21.5. The van der Waals surface area contributed by atoms with Crippen molar-refractivity contribution in [3.8, 4) is 5.75 Å². The van der Waals surface area contributed by atoms with Gasteiger partial charge in [-0.15, -0.1) is 0 Å². The lowest BCUT2D eigenvalue weighted by Crippen LogP contribution is -2.59. The number of nitrogens with one attached hydrogen (secondary N) is 1. The van der Waals surface area contributed by atoms with Crippen LogP contribution < -0.4 is 15.0 Å². The number of fused-ring (bicyclic) bond motifs is 1. The molecule has 8 heteroatoms. The fraction of sp³-hybridized carbons (Fsp3) is 0.290. The first kappa shape index (κ1) is 26.2. The first-order chi connectivity index (χ1) is 18.8. The Bertz CT molecular complexity index is 1410. The first-order valence-electron chi connectivity index (χ1n) is 13.1. The van der Waals surface area contributed by atoms with Gasteiger partial charge in [0.2, 0.25) is 11.8 Å². The van der Waals surface area contributed by atoms with E-state index in [2.05, 4.69) is 5.32 Å². The number of rotatable bonds is 8. The van der Waals surface area contributed by atoms with Gasteiger partial charge < -0.3 is 15.0 Å². The van der Waals surface area contributed by atoms with Crippen LogP contribution in [-0.4, -0.2) is 47.6 Å². The monoisotopic (exact) mass is 525 g/mol. The van der Waals surface area contributed by atoms with E-state index >= 15 is 0 Å². The third-order valence-electron chi connectivity index (χ3n) is 7.65. The van der Waals surface area contributed by atoms with E-state index in [4.69, 9.17) is 4.74 Å². The highest BCUT2D eigenvalue weighted by molar-refractivity contribution is 6.52. The fourth-order valence-corrected chi connectivity index (χ4v) is 5.48. The van der Waals surface area contributed by atoms with Crippen LogP contribution in [0, 0.1) is 6.92 Å². The van der Waals surface area contributed by atoms with Crippen LogP contribution in [0.5, 0.6) is 5.75 Å². The van der Waals surface area contributed by atoms with Crippen LogP contribution in [0.4, 0.5) is 11.4 Å². The second kappa shape index (κ2) is 10.7. The number of Topliss-reactive ketones (excluding diaryl/α,β-unsaturated/α-hetero) is 1. The quantitative estimate of drug-likeness (QED) is 0.437. The molecule has 3 aromatic carbocycles. The molecule has 0 unspecified atom stereocenters. The van der Waals surface area contributed by atoms with Gasteiger partial charge in [-0.25, -0.2) is 0 Å². The number of anilines is 2. The highest BCUT2D eigenvalue weighted by Gasteiger charge is 2.49. The second-order valence-corrected chi connectivity index (χ2v) is 10.1. The maximum atomic E-state index is 14.1. The van der Waals surface area contributed by atoms with Gasteiger partial charge in [0.25, 0.3) is 11.7 Å². The van der Waals surface area contributed by atoms with Crippen molar-refractivity contribution in [2.24, 2.45) is 0 Å². The van der Waals surface area contributed by atoms with E-state index in [1.807, 2.05) is 31.2 Å². The van der Waals surface area contributed by atoms with Crippen molar-refractivity contribution < 1.29 is 23.9 Å². The van der Waals surface area contributed by atoms with Crippen molar-refractivity contribution in [2.75, 3.05) is 23.9 Å². The van der Waals surface area contributed by atoms with Crippen molar-refractivity contribution in [1.82, 2.24) is 4.90 Å². The van der Waals surface area contributed by atoms with E-state index in [9.17, 15) is 19.2 Å². The standard InChI is InChI=1S/C31H31N3O5/c1-21-9-11-22(12-10-21)19-34(27(35)20-33-26-8-4-3-7-25(26)28(36)29(33)37)31(17-5-6-18-31)30(38)32-23-13-15-24(39-2)16-14-23/h3-4,7-16H,5-6,17-20H2,1-2H3,(H,32,38). The molecule has 3 aromatic rings. The number of carbonyl (C=O) groups is 4. The minimum Gasteiger partial charge on any atom is -0.497 e. The number of carbonyl (C=O) groups excluding carboxylic acids is 4. The van der Waals surface area contributed by atoms with E-state index in [1.165, 1.54) is 4.90 Å². The summed E-state index contributed by atoms with van der Waals surface area (Å²) in [5, 5.41) is 3.01. The molecule has 0 atom stereocenters. The van der Waals surface area contributed by atoms with Crippen molar-refractivity contribution >= 4 is 34.9 Å². The summed E-state index contributed by atoms with van der Waals surface area (Å²) >= 11 is 0. The third kappa shape index (κ3) is 5.02. The maximum absolute atomic E-state index is 14.1. The van der Waals surface area contributed by atoms with Crippen LogP contribution in [0.15, 0.2) is 72.8 Å². The molecule has 0 aromatic heterocycles. The molecule has 1 heterocycles. The van der Waals surface area contributed by atoms with E-state index < -0.39 is 17.2 Å². The van der Waals surface area contributed by atoms with Gasteiger partial charge in [-0.1, -0.05) is 54.8 Å². The van der Waals surface area contributed by atoms with Crippen LogP contribution in [0.2, 0.25) is 0 Å². The zero-order chi connectivity index (χ0) is 27.6. The Hall–Kier alpha value is -4.46. The van der Waals surface area contributed by atoms with Crippen molar-refractivity contribution in [1.29, 1.82) is 0 Å². The lowest BCUT2D eigenvalue weighted by molar-refractivity contribution is -0.145. The summed E-state index contributed by atoms with van der Waals surface area (Å²) in [6.45, 7) is 1.86. The Morgan fingerprint density at radius 2 is 1.62 bits per heavy atom. The molecule has 0 bridgehead atoms. The van der Waals surface area contributed by atoms with Gasteiger partial charge in [0, 0.05) is 12.2 Å². The number of amides is 3. The van der Waals surface area contributed by atoms with Gasteiger partial charge in [-0.05, 0) is 61.7 Å². The summed E-state index contributed by atoms with van der Waals surface area (Å²) in [7, 11) is 1.58. The van der Waals surface area contributed by atoms with Crippen LogP contribution >= 0.6 is 0 Å². The molecule has 1 fully saturated rings. The summed E-state index contributed by atoms with van der Waals surface area (Å²) in [4.78, 5) is 56.3. The van der Waals surface area contributed by atoms with Crippen molar-refractivity contribution in [2.45, 2.75) is 44.7 Å². The molecule has 1 aliphatic carbocycles. The van der Waals surface area contributed by atoms with Crippen molar-refractivity contribution in [3.63, 3.8) is 0 Å². The number of nitrogens with zero attached hydrogens (tertiary/aromatic N) is 2. The Kier molecular flexibility index (Phi) is 7.19. The zero-order valence-electron chi connectivity index (χ0n) is 22.1. The normalized spacial score (nSPS) is 15.7. The predicted molar refractivity (Wildman–Crippen MR) is 148 cm³/mol. The number of benzene rings is 3. The number of aryl methyl sites for hydroxylation is 1. The molecule has 1 aliphatic heterocycles. The predicted octanol–water partition coefficient (Wildman–Crippen LogP) is 4.51. The average molecular weight is 526 g/mol. The second-order valence-electron chi connectivity index (χ2n) is 10.1. The van der Waals surface area contributed by atoms with Crippen LogP contribution in [0.3, 0.4) is 0 Å². The van der Waals surface area contributed by atoms with Gasteiger partial charge in [0.1, 0.15) is 17.8 Å². The molecule has 200 valence electrons. The number of para-hydroxylation sites is 1. The number of hydrogen-bond acceptors (Lipinski definition) is 5. The molecule has 0 saturated heterocycles. The molecule has 8 nitrogen and oxygen atoms in total. The molecule has 0 radical (unpaired) electrons. The lowest BCUT2D eigenvalue weighted by atomic mass is 9.92. The minimum absolute atomic E-state index is 0.201. The fourth-order valence-electron chi connectivity index (χ4n) is 5.48. The highest BCUT2D eigenvalue weighted by atomic mass is 16.5. The number of methoxy groups -OCH3 is 1. The third-order valence-corrected chi connectivity index (χ3v) is 7.65. The molecule has 0 spiro atoms. The lowest BCUT2D eigenvalue weighted by Gasteiger charge is -2.41. The van der Waals surface area contributed by atoms with E-state index in [-0.39, 0.29) is 30.5 Å². The molecule has 5 rings (SSSR count). The van der Waals surface area contributed by atoms with E-state index in [0.29, 0.717) is 30.0 Å². The van der Waals surface area contributed by atoms with E-state index in [1.54, 1.807) is 60.5 Å². The summed E-state index contributed by atoms with van der Waals surface area (Å²) in [5.41, 5.74) is 2.16. The van der Waals surface area contributed by atoms with Crippen LogP contribution in [0.25, 0.3) is 0 Å². The molecular formula is C31H31N3O5. The number of ether oxygens (including phenoxy) is 1. The maximum Gasteiger partial charge on any atom is 0.299 e. The van der Waals surface area contributed by atoms with Gasteiger partial charge in [0.05, 0.1) is 18.4 Å². The van der Waals surface area contributed by atoms with Gasteiger partial charge in [-0.3, -0.25) is 24.1 Å². The first-order valence-corrected chi connectivity index (χ1v) is 13.1. The van der Waals surface area contributed by atoms with E-state index in [0.717, 1.165) is 24.0 Å². The number of hydrogen-bond donors (Lipinski definition) is 1. The largest absolute Gasteiger partial charge is 0.497 e. The van der Waals surface area contributed by atoms with Crippen molar-refractivity contribution in [3.05, 3.63) is 89.5 Å². The van der Waals surface area contributed by atoms with Gasteiger partial charge in [0.15, 0.2) is 0 Å². The zero-order valence-corrected chi connectivity index (χ0v) is 22.1. The molecule has 3 amide bonds. The summed E-state index contributed by atoms with van der Waals surface area (Å²) < 4.78 is 5.22. The van der Waals surface area contributed by atoms with Gasteiger partial charge in [-0.2, -0.15) is 0 Å². The Labute approximate surface area is 227 Å². The Morgan fingerprint density at radius 3 is 2.28 bits per heavy atom. The SMILES string of the molecule is COc1ccc(NC(=O)C2(N(Cc3ccc(C)cc3)C(=O)CN3C(=O)C(=O)c4ccccc43)CCCC2)cc1. The summed E-state index contributed by atoms with van der Waals surface area (Å²) in [6.07, 6.45) is 2.57. The average Bonchev–Trinajstić information content (AvgIpc) is 3.54. The topological polar surface area (TPSA) is 96.0 Å².